The maximum atomic E-state index is 10.5. The van der Waals surface area contributed by atoms with Gasteiger partial charge in [-0.3, -0.25) is 0 Å². The highest BCUT2D eigenvalue weighted by molar-refractivity contribution is 6.35. The third kappa shape index (κ3) is 9.92. The fraction of sp³-hybridized carbons (Fsp3) is 0.750. The lowest BCUT2D eigenvalue weighted by molar-refractivity contribution is -0.132. The Morgan fingerprint density at radius 1 is 1.44 bits per heavy atom. The maximum Gasteiger partial charge on any atom is 0.330 e. The van der Waals surface area contributed by atoms with Gasteiger partial charge in [-0.15, -0.1) is 0 Å². The van der Waals surface area contributed by atoms with Gasteiger partial charge in [0.15, 0.2) is 0 Å². The minimum atomic E-state index is -0.805. The molecule has 0 spiro atoms. The summed E-state index contributed by atoms with van der Waals surface area (Å²) in [6, 6.07) is 1.25. The molecule has 0 aromatic carbocycles. The van der Waals surface area contributed by atoms with Crippen LogP contribution in [-0.2, 0) is 9.53 Å². The standard InChI is InChI=1S/C12H24O3Si/c1-3-4-8-15-10-16-9-6-5-7-11(2)12(13)14/h7H,3-6,8-10,16H2,1-2H3,(H,13,14). The number of aliphatic carboxylic acids is 1. The van der Waals surface area contributed by atoms with Crippen LogP contribution < -0.4 is 0 Å². The van der Waals surface area contributed by atoms with Crippen LogP contribution in [0.2, 0.25) is 6.04 Å². The van der Waals surface area contributed by atoms with Crippen LogP contribution in [0.3, 0.4) is 0 Å². The van der Waals surface area contributed by atoms with E-state index in [0.717, 1.165) is 32.1 Å². The molecule has 0 bridgehead atoms. The predicted molar refractivity (Wildman–Crippen MR) is 69.7 cm³/mol. The molecule has 0 rings (SSSR count). The van der Waals surface area contributed by atoms with E-state index in [1.165, 1.54) is 12.5 Å². The minimum absolute atomic E-state index is 0.0798. The van der Waals surface area contributed by atoms with Crippen molar-refractivity contribution in [3.63, 3.8) is 0 Å². The first-order valence-electron chi connectivity index (χ1n) is 6.16. The van der Waals surface area contributed by atoms with Gasteiger partial charge in [-0.25, -0.2) is 4.79 Å². The third-order valence-corrected chi connectivity index (χ3v) is 4.00. The molecule has 0 radical (unpaired) electrons. The molecule has 0 aliphatic heterocycles. The van der Waals surface area contributed by atoms with Crippen molar-refractivity contribution in [2.75, 3.05) is 12.8 Å². The molecule has 3 nitrogen and oxygen atoms in total. The lowest BCUT2D eigenvalue weighted by Gasteiger charge is -2.01. The molecule has 94 valence electrons. The first-order valence-corrected chi connectivity index (χ1v) is 8.16. The van der Waals surface area contributed by atoms with Crippen molar-refractivity contribution in [1.82, 2.24) is 0 Å². The van der Waals surface area contributed by atoms with Gasteiger partial charge in [0, 0.05) is 18.4 Å². The molecule has 0 aliphatic carbocycles. The van der Waals surface area contributed by atoms with Crippen molar-refractivity contribution in [2.24, 2.45) is 0 Å². The number of hydrogen-bond donors (Lipinski definition) is 1. The molecule has 0 unspecified atom stereocenters. The summed E-state index contributed by atoms with van der Waals surface area (Å²) in [6.07, 6.45) is 7.14. The Balaban J connectivity index is 3.21. The van der Waals surface area contributed by atoms with Crippen molar-refractivity contribution in [1.29, 1.82) is 0 Å². The number of rotatable bonds is 10. The van der Waals surface area contributed by atoms with Crippen molar-refractivity contribution in [2.45, 2.75) is 45.6 Å². The molecule has 0 amide bonds. The predicted octanol–water partition coefficient (Wildman–Crippen LogP) is 2.16. The molecular formula is C12H24O3Si. The van der Waals surface area contributed by atoms with E-state index < -0.39 is 5.97 Å². The van der Waals surface area contributed by atoms with Crippen LogP contribution in [0.15, 0.2) is 11.6 Å². The minimum Gasteiger partial charge on any atom is -0.478 e. The highest BCUT2D eigenvalue weighted by Gasteiger charge is 1.97. The topological polar surface area (TPSA) is 46.5 Å². The Morgan fingerprint density at radius 2 is 2.19 bits per heavy atom. The van der Waals surface area contributed by atoms with Crippen LogP contribution in [0, 0.1) is 0 Å². The number of carboxylic acids is 1. The molecule has 4 heteroatoms. The second-order valence-corrected chi connectivity index (χ2v) is 5.83. The second kappa shape index (κ2) is 10.9. The zero-order valence-electron chi connectivity index (χ0n) is 10.5. The molecule has 0 saturated heterocycles. The lowest BCUT2D eigenvalue weighted by atomic mass is 10.2. The average Bonchev–Trinajstić information content (AvgIpc) is 2.26. The number of allylic oxidation sites excluding steroid dienone is 1. The zero-order valence-corrected chi connectivity index (χ0v) is 11.9. The van der Waals surface area contributed by atoms with Crippen LogP contribution in [0.5, 0.6) is 0 Å². The monoisotopic (exact) mass is 244 g/mol. The molecule has 0 fully saturated rings. The van der Waals surface area contributed by atoms with E-state index in [9.17, 15) is 4.79 Å². The van der Waals surface area contributed by atoms with Gasteiger partial charge in [-0.05, 0) is 19.8 Å². The number of hydrogen-bond acceptors (Lipinski definition) is 2. The van der Waals surface area contributed by atoms with Crippen LogP contribution in [0.4, 0.5) is 0 Å². The summed E-state index contributed by atoms with van der Waals surface area (Å²) in [5, 5.41) is 8.63. The van der Waals surface area contributed by atoms with E-state index >= 15 is 0 Å². The van der Waals surface area contributed by atoms with E-state index in [1.807, 2.05) is 6.08 Å². The van der Waals surface area contributed by atoms with E-state index in [1.54, 1.807) is 6.92 Å². The summed E-state index contributed by atoms with van der Waals surface area (Å²) in [5.41, 5.74) is 0.459. The van der Waals surface area contributed by atoms with Crippen molar-refractivity contribution in [3.8, 4) is 0 Å². The van der Waals surface area contributed by atoms with Crippen molar-refractivity contribution in [3.05, 3.63) is 11.6 Å². The SMILES string of the molecule is CCCCOC[SiH2]CCCC=C(C)C(=O)O. The molecule has 0 atom stereocenters. The summed E-state index contributed by atoms with van der Waals surface area (Å²) in [7, 11) is -0.0798. The molecule has 16 heavy (non-hydrogen) atoms. The number of ether oxygens (including phenoxy) is 1. The van der Waals surface area contributed by atoms with Gasteiger partial charge >= 0.3 is 5.97 Å². The molecule has 0 heterocycles. The van der Waals surface area contributed by atoms with Gasteiger partial charge in [0.1, 0.15) is 0 Å². The Kier molecular flexibility index (Phi) is 10.5. The van der Waals surface area contributed by atoms with Gasteiger partial charge in [0.05, 0.1) is 9.52 Å². The molecule has 0 aromatic rings. The summed E-state index contributed by atoms with van der Waals surface area (Å²) in [4.78, 5) is 10.5. The van der Waals surface area contributed by atoms with E-state index in [4.69, 9.17) is 9.84 Å². The summed E-state index contributed by atoms with van der Waals surface area (Å²) in [5.74, 6) is -0.805. The summed E-state index contributed by atoms with van der Waals surface area (Å²) >= 11 is 0. The van der Waals surface area contributed by atoms with Gasteiger partial charge < -0.3 is 9.84 Å². The number of carbonyl (C=O) groups is 1. The highest BCUT2D eigenvalue weighted by Crippen LogP contribution is 2.01. The zero-order chi connectivity index (χ0) is 12.2. The fourth-order valence-corrected chi connectivity index (χ4v) is 2.53. The smallest absolute Gasteiger partial charge is 0.330 e. The van der Waals surface area contributed by atoms with Crippen LogP contribution >= 0.6 is 0 Å². The van der Waals surface area contributed by atoms with Gasteiger partial charge in [0.2, 0.25) is 0 Å². The first-order chi connectivity index (χ1) is 7.68. The Labute approximate surface area is 101 Å². The van der Waals surface area contributed by atoms with Crippen molar-refractivity contribution >= 4 is 15.5 Å². The van der Waals surface area contributed by atoms with Crippen LogP contribution in [0.1, 0.15) is 39.5 Å². The highest BCUT2D eigenvalue weighted by atomic mass is 28.2. The molecule has 0 saturated carbocycles. The normalized spacial score (nSPS) is 12.5. The lowest BCUT2D eigenvalue weighted by Crippen LogP contribution is -2.04. The number of carboxylic acid groups (broad SMARTS) is 1. The fourth-order valence-electron chi connectivity index (χ4n) is 1.28. The molecular weight excluding hydrogens is 220 g/mol. The van der Waals surface area contributed by atoms with Crippen molar-refractivity contribution < 1.29 is 14.6 Å². The largest absolute Gasteiger partial charge is 0.478 e. The summed E-state index contributed by atoms with van der Waals surface area (Å²) < 4.78 is 5.49. The van der Waals surface area contributed by atoms with E-state index in [-0.39, 0.29) is 9.52 Å². The molecule has 1 N–H and O–H groups in total. The number of unbranched alkanes of at least 4 members (excludes halogenated alkanes) is 2. The third-order valence-electron chi connectivity index (χ3n) is 2.42. The van der Waals surface area contributed by atoms with Gasteiger partial charge in [0.25, 0.3) is 0 Å². The Morgan fingerprint density at radius 3 is 2.81 bits per heavy atom. The van der Waals surface area contributed by atoms with E-state index in [2.05, 4.69) is 6.92 Å². The van der Waals surface area contributed by atoms with Crippen LogP contribution in [0.25, 0.3) is 0 Å². The second-order valence-electron chi connectivity index (χ2n) is 4.01. The van der Waals surface area contributed by atoms with Gasteiger partial charge in [-0.2, -0.15) is 0 Å². The summed E-state index contributed by atoms with van der Waals surface area (Å²) in [6.45, 7) is 4.72. The molecule has 0 aromatic heterocycles. The molecule has 0 aliphatic rings. The first kappa shape index (κ1) is 15.4. The quantitative estimate of drug-likeness (QED) is 0.364. The maximum absolute atomic E-state index is 10.5. The van der Waals surface area contributed by atoms with E-state index in [0.29, 0.717) is 5.57 Å². The average molecular weight is 244 g/mol. The Bertz CT molecular complexity index is 214. The Hall–Kier alpha value is -0.613. The van der Waals surface area contributed by atoms with Gasteiger partial charge in [-0.1, -0.05) is 31.9 Å². The van der Waals surface area contributed by atoms with Crippen LogP contribution in [-0.4, -0.2) is 33.4 Å².